The molecule has 1 aliphatic heterocycles. The third kappa shape index (κ3) is 15.6. The number of hydrogen-bond acceptors (Lipinski definition) is 15. The van der Waals surface area contributed by atoms with Crippen LogP contribution in [-0.2, 0) is 61.9 Å². The number of esters is 5. The topological polar surface area (TPSA) is 237 Å². The average Bonchev–Trinajstić information content (AvgIpc) is 3.55. The van der Waals surface area contributed by atoms with Crippen molar-refractivity contribution in [2.45, 2.75) is 171 Å². The SMILES string of the molecule is CC(C)(C)OC(=O)[C@H](CC[C@@H](CO[C@@H]1O[C@H](COC(=O)C(C)(C)C)[C@H](OC(=O)C(C)(C)C)[C@H](OC(=O)C(C)(C)C)[C@H]1OC(=O)C(C)(C)C)N=[N+]=[N-])NC(=O)OCC1c2ccccc2-c2ccccc21. The first-order valence-corrected chi connectivity index (χ1v) is 23.3. The third-order valence-electron chi connectivity index (χ3n) is 10.9. The molecule has 1 N–H and O–H groups in total. The first-order valence-electron chi connectivity index (χ1n) is 23.3. The summed E-state index contributed by atoms with van der Waals surface area (Å²) in [4.78, 5) is 84.2. The Labute approximate surface area is 405 Å². The Morgan fingerprint density at radius 3 is 1.59 bits per heavy atom. The zero-order chi connectivity index (χ0) is 51.9. The van der Waals surface area contributed by atoms with Gasteiger partial charge in [-0.25, -0.2) is 9.59 Å². The molecule has 0 radical (unpaired) electrons. The molecule has 4 rings (SSSR count). The lowest BCUT2D eigenvalue weighted by molar-refractivity contribution is -0.312. The highest BCUT2D eigenvalue weighted by Gasteiger charge is 2.55. The summed E-state index contributed by atoms with van der Waals surface area (Å²) in [6, 6.07) is 13.4. The molecule has 2 aromatic rings. The van der Waals surface area contributed by atoms with Gasteiger partial charge in [-0.15, -0.1) is 0 Å². The number of nitrogens with zero attached hydrogens (tertiary/aromatic N) is 3. The summed E-state index contributed by atoms with van der Waals surface area (Å²) in [6.45, 7) is 23.5. The van der Waals surface area contributed by atoms with Crippen LogP contribution in [0.15, 0.2) is 53.6 Å². The number of carbonyl (C=O) groups excluding carboxylic acids is 6. The quantitative estimate of drug-likeness (QED) is 0.0544. The van der Waals surface area contributed by atoms with Gasteiger partial charge in [0, 0.05) is 10.8 Å². The van der Waals surface area contributed by atoms with E-state index in [1.54, 1.807) is 104 Å². The van der Waals surface area contributed by atoms with E-state index in [4.69, 9.17) is 37.9 Å². The molecule has 1 amide bonds. The van der Waals surface area contributed by atoms with E-state index >= 15 is 0 Å². The fourth-order valence-corrected chi connectivity index (χ4v) is 7.04. The maximum absolute atomic E-state index is 13.7. The molecule has 7 atom stereocenters. The van der Waals surface area contributed by atoms with Crippen LogP contribution < -0.4 is 5.32 Å². The molecule has 69 heavy (non-hydrogen) atoms. The first-order chi connectivity index (χ1) is 31.8. The monoisotopic (exact) mass is 965 g/mol. The summed E-state index contributed by atoms with van der Waals surface area (Å²) in [7, 11) is 0. The summed E-state index contributed by atoms with van der Waals surface area (Å²) >= 11 is 0. The highest BCUT2D eigenvalue weighted by molar-refractivity contribution is 5.82. The highest BCUT2D eigenvalue weighted by Crippen LogP contribution is 2.44. The second-order valence-corrected chi connectivity index (χ2v) is 22.6. The van der Waals surface area contributed by atoms with Crippen LogP contribution in [0.1, 0.15) is 134 Å². The van der Waals surface area contributed by atoms with Gasteiger partial charge < -0.3 is 43.2 Å². The molecule has 0 saturated carbocycles. The van der Waals surface area contributed by atoms with Crippen LogP contribution in [0.4, 0.5) is 4.79 Å². The van der Waals surface area contributed by atoms with E-state index in [9.17, 15) is 34.3 Å². The normalized spacial score (nSPS) is 20.4. The molecule has 1 aliphatic carbocycles. The van der Waals surface area contributed by atoms with Gasteiger partial charge in [-0.2, -0.15) is 0 Å². The lowest BCUT2D eigenvalue weighted by atomic mass is 9.93. The molecule has 18 heteroatoms. The Morgan fingerprint density at radius 1 is 0.638 bits per heavy atom. The number of ether oxygens (including phenoxy) is 8. The Morgan fingerprint density at radius 2 is 1.12 bits per heavy atom. The van der Waals surface area contributed by atoms with Gasteiger partial charge in [0.2, 0.25) is 0 Å². The Bertz CT molecular complexity index is 2180. The lowest BCUT2D eigenvalue weighted by Gasteiger charge is -2.46. The number of carbonyl (C=O) groups is 6. The van der Waals surface area contributed by atoms with Crippen LogP contribution in [0.2, 0.25) is 0 Å². The average molecular weight is 965 g/mol. The summed E-state index contributed by atoms with van der Waals surface area (Å²) in [5.74, 6) is -3.87. The number of fused-ring (bicyclic) bond motifs is 3. The van der Waals surface area contributed by atoms with Crippen LogP contribution in [0, 0.1) is 21.7 Å². The van der Waals surface area contributed by atoms with Crippen molar-refractivity contribution in [1.82, 2.24) is 5.32 Å². The summed E-state index contributed by atoms with van der Waals surface area (Å²) in [5.41, 5.74) is 8.63. The van der Waals surface area contributed by atoms with E-state index in [0.717, 1.165) is 22.3 Å². The zero-order valence-corrected chi connectivity index (χ0v) is 42.8. The predicted octanol–water partition coefficient (Wildman–Crippen LogP) is 8.90. The molecule has 2 aromatic carbocycles. The largest absolute Gasteiger partial charge is 0.462 e. The van der Waals surface area contributed by atoms with Crippen molar-refractivity contribution in [2.75, 3.05) is 19.8 Å². The van der Waals surface area contributed by atoms with Crippen molar-refractivity contribution >= 4 is 35.9 Å². The van der Waals surface area contributed by atoms with Gasteiger partial charge in [-0.1, -0.05) is 53.6 Å². The molecule has 1 fully saturated rings. The van der Waals surface area contributed by atoms with E-state index in [1.165, 1.54) is 0 Å². The smallest absolute Gasteiger partial charge is 0.407 e. The van der Waals surface area contributed by atoms with Crippen molar-refractivity contribution in [3.05, 3.63) is 70.1 Å². The Hall–Kier alpha value is -5.71. The maximum Gasteiger partial charge on any atom is 0.407 e. The second-order valence-electron chi connectivity index (χ2n) is 22.6. The first kappa shape index (κ1) is 55.9. The van der Waals surface area contributed by atoms with Crippen molar-refractivity contribution in [3.63, 3.8) is 0 Å². The molecule has 1 saturated heterocycles. The third-order valence-corrected chi connectivity index (χ3v) is 10.9. The number of rotatable bonds is 16. The van der Waals surface area contributed by atoms with Crippen LogP contribution >= 0.6 is 0 Å². The highest BCUT2D eigenvalue weighted by atomic mass is 16.7. The molecule has 1 heterocycles. The molecule has 0 bridgehead atoms. The van der Waals surface area contributed by atoms with Gasteiger partial charge >= 0.3 is 35.9 Å². The minimum Gasteiger partial charge on any atom is -0.462 e. The molecule has 18 nitrogen and oxygen atoms in total. The standard InChI is InChI=1S/C51H72N4O14/c1-47(2,3)42(57)63-28-36-37(66-43(58)48(4,5)6)38(67-44(59)49(7,8)9)39(68-45(60)50(10,11)12)41(65-36)62-26-29(54-55-52)24-25-35(40(56)69-51(13,14)15)53-46(61)64-27-34-32-22-18-16-20-30(32)31-21-17-19-23-33(31)34/h16-23,29,34-39,41H,24-28H2,1-15H3,(H,53,61)/t29-,35-,36+,37-,38-,39+,41+/m0/s1. The van der Waals surface area contributed by atoms with Crippen molar-refractivity contribution in [1.29, 1.82) is 0 Å². The van der Waals surface area contributed by atoms with E-state index < -0.39 is 119 Å². The Kier molecular flexibility index (Phi) is 18.1. The maximum atomic E-state index is 13.7. The van der Waals surface area contributed by atoms with E-state index in [2.05, 4.69) is 15.3 Å². The fraction of sp³-hybridized carbons (Fsp3) is 0.647. The van der Waals surface area contributed by atoms with Crippen LogP contribution in [0.5, 0.6) is 0 Å². The minimum atomic E-state index is -1.62. The number of hydrogen-bond donors (Lipinski definition) is 1. The minimum absolute atomic E-state index is 0.0167. The van der Waals surface area contributed by atoms with Crippen LogP contribution in [0.3, 0.4) is 0 Å². The summed E-state index contributed by atoms with van der Waals surface area (Å²) in [5, 5.41) is 6.55. The summed E-state index contributed by atoms with van der Waals surface area (Å²) in [6.07, 6.45) is -8.73. The predicted molar refractivity (Wildman–Crippen MR) is 253 cm³/mol. The molecule has 0 unspecified atom stereocenters. The number of amides is 1. The van der Waals surface area contributed by atoms with Crippen LogP contribution in [0.25, 0.3) is 21.6 Å². The molecule has 380 valence electrons. The Balaban J connectivity index is 1.64. The number of nitrogens with one attached hydrogen (secondary N) is 1. The second kappa shape index (κ2) is 22.4. The van der Waals surface area contributed by atoms with E-state index in [0.29, 0.717) is 0 Å². The van der Waals surface area contributed by atoms with Gasteiger partial charge in [0.15, 0.2) is 24.6 Å². The van der Waals surface area contributed by atoms with Crippen molar-refractivity contribution in [3.8, 4) is 11.1 Å². The number of alkyl carbamates (subject to hydrolysis) is 1. The van der Waals surface area contributed by atoms with E-state index in [1.807, 2.05) is 48.5 Å². The molecule has 0 aromatic heterocycles. The van der Waals surface area contributed by atoms with Gasteiger partial charge in [-0.05, 0) is 144 Å². The molecular weight excluding hydrogens is 893 g/mol. The molecular formula is C51H72N4O14. The lowest BCUT2D eigenvalue weighted by Crippen LogP contribution is -2.64. The van der Waals surface area contributed by atoms with Gasteiger partial charge in [0.1, 0.15) is 31.0 Å². The van der Waals surface area contributed by atoms with E-state index in [-0.39, 0.29) is 25.4 Å². The zero-order valence-electron chi connectivity index (χ0n) is 42.8. The molecule has 2 aliphatic rings. The summed E-state index contributed by atoms with van der Waals surface area (Å²) < 4.78 is 47.9. The van der Waals surface area contributed by atoms with Crippen LogP contribution in [-0.4, -0.2) is 104 Å². The van der Waals surface area contributed by atoms with Gasteiger partial charge in [0.05, 0.1) is 34.3 Å². The number of benzene rings is 2. The fourth-order valence-electron chi connectivity index (χ4n) is 7.04. The van der Waals surface area contributed by atoms with Crippen molar-refractivity contribution in [2.24, 2.45) is 26.8 Å². The number of azide groups is 1. The molecule has 0 spiro atoms. The van der Waals surface area contributed by atoms with Gasteiger partial charge in [-0.3, -0.25) is 19.2 Å². The van der Waals surface area contributed by atoms with Crippen molar-refractivity contribution < 1.29 is 66.7 Å². The van der Waals surface area contributed by atoms with Gasteiger partial charge in [0.25, 0.3) is 0 Å².